The van der Waals surface area contributed by atoms with Gasteiger partial charge < -0.3 is 5.32 Å². The lowest BCUT2D eigenvalue weighted by atomic mass is 9.79. The molecular weight excluding hydrogens is 190 g/mol. The summed E-state index contributed by atoms with van der Waals surface area (Å²) in [5.41, 5.74) is 0. The molecule has 0 aromatic rings. The van der Waals surface area contributed by atoms with Gasteiger partial charge in [-0.2, -0.15) is 12.6 Å². The van der Waals surface area contributed by atoms with Crippen LogP contribution >= 0.6 is 12.6 Å². The van der Waals surface area contributed by atoms with Crippen molar-refractivity contribution in [2.75, 3.05) is 18.8 Å². The van der Waals surface area contributed by atoms with Gasteiger partial charge in [-0.15, -0.1) is 0 Å². The molecule has 2 heteroatoms. The van der Waals surface area contributed by atoms with Crippen LogP contribution in [0.3, 0.4) is 0 Å². The molecule has 0 amide bonds. The van der Waals surface area contributed by atoms with Gasteiger partial charge in [0.05, 0.1) is 0 Å². The number of hydrogen-bond acceptors (Lipinski definition) is 2. The summed E-state index contributed by atoms with van der Waals surface area (Å²) in [5, 5.41) is 3.51. The molecule has 84 valence electrons. The monoisotopic (exact) mass is 215 g/mol. The second-order valence-corrected chi connectivity index (χ2v) is 4.94. The van der Waals surface area contributed by atoms with Crippen molar-refractivity contribution < 1.29 is 0 Å². The van der Waals surface area contributed by atoms with Gasteiger partial charge in [-0.25, -0.2) is 0 Å². The minimum absolute atomic E-state index is 0.912. The first kappa shape index (κ1) is 12.4. The Kier molecular flexibility index (Phi) is 6.70. The molecule has 0 saturated heterocycles. The van der Waals surface area contributed by atoms with Crippen LogP contribution in [0, 0.1) is 11.8 Å². The Morgan fingerprint density at radius 2 is 2.00 bits per heavy atom. The van der Waals surface area contributed by atoms with Gasteiger partial charge in [0.2, 0.25) is 0 Å². The maximum absolute atomic E-state index is 4.22. The highest BCUT2D eigenvalue weighted by molar-refractivity contribution is 7.80. The van der Waals surface area contributed by atoms with Crippen LogP contribution in [-0.4, -0.2) is 18.8 Å². The molecule has 1 rings (SSSR count). The Morgan fingerprint density at radius 3 is 2.57 bits per heavy atom. The molecule has 0 spiro atoms. The first-order valence-corrected chi connectivity index (χ1v) is 6.83. The molecule has 0 aromatic heterocycles. The first-order chi connectivity index (χ1) is 6.88. The van der Waals surface area contributed by atoms with Crippen LogP contribution < -0.4 is 5.32 Å². The van der Waals surface area contributed by atoms with Crippen LogP contribution in [0.4, 0.5) is 0 Å². The largest absolute Gasteiger partial charge is 0.316 e. The fourth-order valence-electron chi connectivity index (χ4n) is 2.62. The van der Waals surface area contributed by atoms with Crippen LogP contribution in [0.1, 0.15) is 45.4 Å². The Hall–Kier alpha value is 0.310. The molecule has 1 aliphatic rings. The van der Waals surface area contributed by atoms with Crippen LogP contribution in [0.2, 0.25) is 0 Å². The highest BCUT2D eigenvalue weighted by atomic mass is 32.1. The van der Waals surface area contributed by atoms with Crippen LogP contribution in [0.5, 0.6) is 0 Å². The molecule has 1 atom stereocenters. The van der Waals surface area contributed by atoms with Crippen LogP contribution in [0.15, 0.2) is 0 Å². The molecule has 0 aliphatic heterocycles. The van der Waals surface area contributed by atoms with Gasteiger partial charge in [-0.05, 0) is 18.4 Å². The predicted molar refractivity (Wildman–Crippen MR) is 67.1 cm³/mol. The van der Waals surface area contributed by atoms with Crippen LogP contribution in [0.25, 0.3) is 0 Å². The first-order valence-electron chi connectivity index (χ1n) is 6.20. The van der Waals surface area contributed by atoms with Crippen molar-refractivity contribution in [3.8, 4) is 0 Å². The highest BCUT2D eigenvalue weighted by Gasteiger charge is 2.21. The average Bonchev–Trinajstić information content (AvgIpc) is 2.26. The molecule has 1 aliphatic carbocycles. The van der Waals surface area contributed by atoms with Crippen molar-refractivity contribution in [3.05, 3.63) is 0 Å². The quantitative estimate of drug-likeness (QED) is 0.512. The normalized spacial score (nSPS) is 21.0. The summed E-state index contributed by atoms with van der Waals surface area (Å²) in [6, 6.07) is 0. The molecule has 0 radical (unpaired) electrons. The van der Waals surface area contributed by atoms with Crippen LogP contribution in [-0.2, 0) is 0 Å². The molecule has 14 heavy (non-hydrogen) atoms. The molecule has 0 bridgehead atoms. The Bertz CT molecular complexity index is 132. The molecule has 1 unspecified atom stereocenters. The second kappa shape index (κ2) is 7.58. The topological polar surface area (TPSA) is 12.0 Å². The van der Waals surface area contributed by atoms with E-state index in [2.05, 4.69) is 24.9 Å². The van der Waals surface area contributed by atoms with Gasteiger partial charge in [0.15, 0.2) is 0 Å². The minimum atomic E-state index is 0.912. The van der Waals surface area contributed by atoms with E-state index >= 15 is 0 Å². The molecular formula is C12H25NS. The van der Waals surface area contributed by atoms with Crippen molar-refractivity contribution in [2.45, 2.75) is 45.4 Å². The van der Waals surface area contributed by atoms with E-state index in [4.69, 9.17) is 0 Å². The van der Waals surface area contributed by atoms with E-state index in [0.29, 0.717) is 0 Å². The third kappa shape index (κ3) is 4.22. The molecule has 1 N–H and O–H groups in total. The predicted octanol–water partition coefficient (Wildman–Crippen LogP) is 3.11. The Morgan fingerprint density at radius 1 is 1.29 bits per heavy atom. The maximum atomic E-state index is 4.22. The molecule has 0 aromatic carbocycles. The van der Waals surface area contributed by atoms with Gasteiger partial charge >= 0.3 is 0 Å². The van der Waals surface area contributed by atoms with Gasteiger partial charge in [0, 0.05) is 12.3 Å². The smallest absolute Gasteiger partial charge is 0.00398 e. The van der Waals surface area contributed by atoms with E-state index in [1.54, 1.807) is 0 Å². The Balaban J connectivity index is 2.21. The minimum Gasteiger partial charge on any atom is -0.316 e. The zero-order valence-corrected chi connectivity index (χ0v) is 10.4. The van der Waals surface area contributed by atoms with Crippen molar-refractivity contribution in [3.63, 3.8) is 0 Å². The van der Waals surface area contributed by atoms with Gasteiger partial charge in [-0.1, -0.05) is 45.4 Å². The van der Waals surface area contributed by atoms with Crippen molar-refractivity contribution in [1.29, 1.82) is 0 Å². The average molecular weight is 215 g/mol. The number of hydrogen-bond donors (Lipinski definition) is 2. The number of nitrogens with one attached hydrogen (secondary N) is 1. The molecule has 1 nitrogen and oxygen atoms in total. The van der Waals surface area contributed by atoms with E-state index in [1.165, 1.54) is 45.1 Å². The van der Waals surface area contributed by atoms with Crippen molar-refractivity contribution in [1.82, 2.24) is 5.32 Å². The second-order valence-electron chi connectivity index (χ2n) is 4.49. The lowest BCUT2D eigenvalue weighted by Crippen LogP contribution is -2.30. The molecule has 0 heterocycles. The number of rotatable bonds is 6. The molecule has 1 saturated carbocycles. The van der Waals surface area contributed by atoms with E-state index in [9.17, 15) is 0 Å². The van der Waals surface area contributed by atoms with Crippen molar-refractivity contribution >= 4 is 12.6 Å². The van der Waals surface area contributed by atoms with Gasteiger partial charge in [-0.3, -0.25) is 0 Å². The van der Waals surface area contributed by atoms with Crippen molar-refractivity contribution in [2.24, 2.45) is 11.8 Å². The summed E-state index contributed by atoms with van der Waals surface area (Å²) in [7, 11) is 0. The van der Waals surface area contributed by atoms with E-state index < -0.39 is 0 Å². The fraction of sp³-hybridized carbons (Fsp3) is 1.00. The Labute approximate surface area is 94.5 Å². The van der Waals surface area contributed by atoms with Gasteiger partial charge in [0.1, 0.15) is 0 Å². The SMILES string of the molecule is CCC(CNCCS)C1CCCCC1. The highest BCUT2D eigenvalue weighted by Crippen LogP contribution is 2.31. The van der Waals surface area contributed by atoms with Gasteiger partial charge in [0.25, 0.3) is 0 Å². The van der Waals surface area contributed by atoms with E-state index in [-0.39, 0.29) is 0 Å². The summed E-state index contributed by atoms with van der Waals surface area (Å²) in [5.74, 6) is 2.87. The third-order valence-corrected chi connectivity index (χ3v) is 3.76. The lowest BCUT2D eigenvalue weighted by Gasteiger charge is -2.29. The maximum Gasteiger partial charge on any atom is 0.00398 e. The fourth-order valence-corrected chi connectivity index (χ4v) is 2.77. The summed E-state index contributed by atoms with van der Waals surface area (Å²) >= 11 is 4.22. The standard InChI is InChI=1S/C12H25NS/c1-2-11(10-13-8-9-14)12-6-4-3-5-7-12/h11-14H,2-10H2,1H3. The zero-order valence-electron chi connectivity index (χ0n) is 9.47. The summed E-state index contributed by atoms with van der Waals surface area (Å²) in [4.78, 5) is 0. The third-order valence-electron chi connectivity index (χ3n) is 3.54. The summed E-state index contributed by atoms with van der Waals surface area (Å²) in [6.45, 7) is 4.61. The van der Waals surface area contributed by atoms with E-state index in [0.717, 1.165) is 24.1 Å². The number of thiol groups is 1. The zero-order chi connectivity index (χ0) is 10.2. The summed E-state index contributed by atoms with van der Waals surface area (Å²) < 4.78 is 0. The molecule has 1 fully saturated rings. The summed E-state index contributed by atoms with van der Waals surface area (Å²) in [6.07, 6.45) is 8.69. The van der Waals surface area contributed by atoms with E-state index in [1.807, 2.05) is 0 Å². The lowest BCUT2D eigenvalue weighted by molar-refractivity contribution is 0.236.